The molecule has 0 aromatic heterocycles. The van der Waals surface area contributed by atoms with Gasteiger partial charge in [-0.2, -0.15) is 0 Å². The molecule has 0 fully saturated rings. The quantitative estimate of drug-likeness (QED) is 0.683. The molecular weight excluding hydrogens is 182 g/mol. The first-order chi connectivity index (χ1) is 6.54. The SMILES string of the molecule is CC(C(=O)O)N(C)C(=O)C1CC=CC1. The van der Waals surface area contributed by atoms with Crippen molar-refractivity contribution in [2.45, 2.75) is 25.8 Å². The molecule has 1 N–H and O–H groups in total. The lowest BCUT2D eigenvalue weighted by Crippen LogP contribution is -2.42. The Hall–Kier alpha value is -1.32. The zero-order chi connectivity index (χ0) is 10.7. The number of carbonyl (C=O) groups is 2. The van der Waals surface area contributed by atoms with E-state index < -0.39 is 12.0 Å². The zero-order valence-corrected chi connectivity index (χ0v) is 8.43. The number of allylic oxidation sites excluding steroid dienone is 2. The summed E-state index contributed by atoms with van der Waals surface area (Å²) in [5.74, 6) is -1.10. The van der Waals surface area contributed by atoms with Crippen LogP contribution in [0.5, 0.6) is 0 Å². The number of hydrogen-bond donors (Lipinski definition) is 1. The lowest BCUT2D eigenvalue weighted by molar-refractivity contribution is -0.149. The summed E-state index contributed by atoms with van der Waals surface area (Å²) < 4.78 is 0. The monoisotopic (exact) mass is 197 g/mol. The van der Waals surface area contributed by atoms with Crippen LogP contribution in [0.25, 0.3) is 0 Å². The van der Waals surface area contributed by atoms with E-state index in [4.69, 9.17) is 5.11 Å². The van der Waals surface area contributed by atoms with Crippen molar-refractivity contribution in [3.63, 3.8) is 0 Å². The van der Waals surface area contributed by atoms with Gasteiger partial charge in [0.15, 0.2) is 0 Å². The summed E-state index contributed by atoms with van der Waals surface area (Å²) in [6.07, 6.45) is 5.38. The van der Waals surface area contributed by atoms with Gasteiger partial charge in [0.2, 0.25) is 5.91 Å². The van der Waals surface area contributed by atoms with Gasteiger partial charge in [-0.3, -0.25) is 4.79 Å². The smallest absolute Gasteiger partial charge is 0.326 e. The van der Waals surface area contributed by atoms with E-state index in [0.717, 1.165) is 12.8 Å². The molecule has 1 unspecified atom stereocenters. The molecule has 1 aliphatic carbocycles. The molecule has 0 bridgehead atoms. The van der Waals surface area contributed by atoms with Gasteiger partial charge in [-0.15, -0.1) is 0 Å². The fraction of sp³-hybridized carbons (Fsp3) is 0.600. The van der Waals surface area contributed by atoms with E-state index in [9.17, 15) is 9.59 Å². The van der Waals surface area contributed by atoms with Crippen LogP contribution in [0.15, 0.2) is 12.2 Å². The molecule has 4 nitrogen and oxygen atoms in total. The first kappa shape index (κ1) is 10.8. The molecule has 1 rings (SSSR count). The van der Waals surface area contributed by atoms with Gasteiger partial charge in [0, 0.05) is 13.0 Å². The number of nitrogens with zero attached hydrogens (tertiary/aromatic N) is 1. The topological polar surface area (TPSA) is 57.6 Å². The van der Waals surface area contributed by atoms with Crippen LogP contribution in [0.1, 0.15) is 19.8 Å². The number of rotatable bonds is 3. The van der Waals surface area contributed by atoms with Gasteiger partial charge in [0.1, 0.15) is 6.04 Å². The first-order valence-electron chi connectivity index (χ1n) is 4.68. The highest BCUT2D eigenvalue weighted by Crippen LogP contribution is 2.20. The maximum Gasteiger partial charge on any atom is 0.326 e. The Balaban J connectivity index is 2.55. The molecule has 1 aliphatic rings. The highest BCUT2D eigenvalue weighted by molar-refractivity contribution is 5.85. The minimum Gasteiger partial charge on any atom is -0.480 e. The Kier molecular flexibility index (Phi) is 3.28. The van der Waals surface area contributed by atoms with E-state index >= 15 is 0 Å². The standard InChI is InChI=1S/C10H15NO3/c1-7(10(13)14)11(2)9(12)8-5-3-4-6-8/h3-4,7-8H,5-6H2,1-2H3,(H,13,14). The third-order valence-corrected chi connectivity index (χ3v) is 2.64. The predicted molar refractivity (Wildman–Crippen MR) is 51.7 cm³/mol. The van der Waals surface area contributed by atoms with Crippen LogP contribution in [-0.2, 0) is 9.59 Å². The molecule has 1 amide bonds. The molecule has 0 aromatic rings. The number of amides is 1. The average Bonchev–Trinajstić information content (AvgIpc) is 2.67. The van der Waals surface area contributed by atoms with Crippen molar-refractivity contribution < 1.29 is 14.7 Å². The summed E-state index contributed by atoms with van der Waals surface area (Å²) in [6.45, 7) is 1.52. The molecule has 1 atom stereocenters. The lowest BCUT2D eigenvalue weighted by Gasteiger charge is -2.24. The number of likely N-dealkylation sites (N-methyl/N-ethyl adjacent to an activating group) is 1. The highest BCUT2D eigenvalue weighted by atomic mass is 16.4. The van der Waals surface area contributed by atoms with Crippen LogP contribution in [0.4, 0.5) is 0 Å². The Morgan fingerprint density at radius 1 is 1.43 bits per heavy atom. The maximum absolute atomic E-state index is 11.7. The van der Waals surface area contributed by atoms with E-state index in [2.05, 4.69) is 0 Å². The third kappa shape index (κ3) is 2.13. The molecule has 0 aromatic carbocycles. The van der Waals surface area contributed by atoms with Crippen LogP contribution in [0, 0.1) is 5.92 Å². The lowest BCUT2D eigenvalue weighted by atomic mass is 10.1. The maximum atomic E-state index is 11.7. The Labute approximate surface area is 83.2 Å². The predicted octanol–water partition coefficient (Wildman–Crippen LogP) is 0.884. The second-order valence-corrected chi connectivity index (χ2v) is 3.60. The summed E-state index contributed by atoms with van der Waals surface area (Å²) in [5, 5.41) is 8.73. The van der Waals surface area contributed by atoms with Gasteiger partial charge < -0.3 is 10.0 Å². The summed E-state index contributed by atoms with van der Waals surface area (Å²) in [7, 11) is 1.54. The average molecular weight is 197 g/mol. The van der Waals surface area contributed by atoms with E-state index in [-0.39, 0.29) is 11.8 Å². The second-order valence-electron chi connectivity index (χ2n) is 3.60. The molecule has 0 saturated heterocycles. The van der Waals surface area contributed by atoms with E-state index in [0.29, 0.717) is 0 Å². The van der Waals surface area contributed by atoms with Crippen molar-refractivity contribution in [1.29, 1.82) is 0 Å². The third-order valence-electron chi connectivity index (χ3n) is 2.64. The molecule has 4 heteroatoms. The van der Waals surface area contributed by atoms with Crippen molar-refractivity contribution in [2.24, 2.45) is 5.92 Å². The second kappa shape index (κ2) is 4.26. The van der Waals surface area contributed by atoms with Gasteiger partial charge in [-0.05, 0) is 19.8 Å². The van der Waals surface area contributed by atoms with Crippen molar-refractivity contribution in [2.75, 3.05) is 7.05 Å². The minimum absolute atomic E-state index is 0.0539. The van der Waals surface area contributed by atoms with E-state index in [1.165, 1.54) is 11.8 Å². The van der Waals surface area contributed by atoms with Crippen molar-refractivity contribution in [3.8, 4) is 0 Å². The highest BCUT2D eigenvalue weighted by Gasteiger charge is 2.28. The van der Waals surface area contributed by atoms with Crippen LogP contribution < -0.4 is 0 Å². The number of carboxylic acid groups (broad SMARTS) is 1. The minimum atomic E-state index is -0.966. The normalized spacial score (nSPS) is 18.1. The van der Waals surface area contributed by atoms with E-state index in [1.54, 1.807) is 7.05 Å². The van der Waals surface area contributed by atoms with E-state index in [1.807, 2.05) is 12.2 Å². The van der Waals surface area contributed by atoms with Gasteiger partial charge in [0.05, 0.1) is 0 Å². The van der Waals surface area contributed by atoms with Gasteiger partial charge in [-0.25, -0.2) is 4.79 Å². The molecule has 0 heterocycles. The Bertz CT molecular complexity index is 265. The number of aliphatic carboxylic acids is 1. The first-order valence-corrected chi connectivity index (χ1v) is 4.68. The molecule has 14 heavy (non-hydrogen) atoms. The van der Waals surface area contributed by atoms with Crippen molar-refractivity contribution in [1.82, 2.24) is 4.90 Å². The van der Waals surface area contributed by atoms with Crippen molar-refractivity contribution in [3.05, 3.63) is 12.2 Å². The fourth-order valence-corrected chi connectivity index (χ4v) is 1.46. The molecule has 0 spiro atoms. The van der Waals surface area contributed by atoms with Gasteiger partial charge in [-0.1, -0.05) is 12.2 Å². The van der Waals surface area contributed by atoms with Crippen LogP contribution in [0.3, 0.4) is 0 Å². The molecule has 0 aliphatic heterocycles. The van der Waals surface area contributed by atoms with Gasteiger partial charge in [0.25, 0.3) is 0 Å². The number of hydrogen-bond acceptors (Lipinski definition) is 2. The van der Waals surface area contributed by atoms with Crippen LogP contribution in [0.2, 0.25) is 0 Å². The molecule has 0 radical (unpaired) electrons. The Morgan fingerprint density at radius 3 is 2.36 bits per heavy atom. The fourth-order valence-electron chi connectivity index (χ4n) is 1.46. The zero-order valence-electron chi connectivity index (χ0n) is 8.43. The summed E-state index contributed by atoms with van der Waals surface area (Å²) in [4.78, 5) is 23.7. The number of carbonyl (C=O) groups excluding carboxylic acids is 1. The number of carboxylic acids is 1. The molecule has 0 saturated carbocycles. The summed E-state index contributed by atoms with van der Waals surface area (Å²) >= 11 is 0. The van der Waals surface area contributed by atoms with Crippen LogP contribution in [-0.4, -0.2) is 35.0 Å². The summed E-state index contributed by atoms with van der Waals surface area (Å²) in [5.41, 5.74) is 0. The largest absolute Gasteiger partial charge is 0.480 e. The van der Waals surface area contributed by atoms with Gasteiger partial charge >= 0.3 is 5.97 Å². The van der Waals surface area contributed by atoms with Crippen molar-refractivity contribution >= 4 is 11.9 Å². The molecule has 78 valence electrons. The summed E-state index contributed by atoms with van der Waals surface area (Å²) in [6, 6.07) is -0.747. The van der Waals surface area contributed by atoms with Crippen LogP contribution >= 0.6 is 0 Å². The Morgan fingerprint density at radius 2 is 1.93 bits per heavy atom. The molecular formula is C10H15NO3.